The van der Waals surface area contributed by atoms with E-state index in [1.165, 1.54) is 11.3 Å². The maximum Gasteiger partial charge on any atom is 0.191 e. The summed E-state index contributed by atoms with van der Waals surface area (Å²) in [6.07, 6.45) is 0. The molecule has 2 rings (SSSR count). The highest BCUT2D eigenvalue weighted by Crippen LogP contribution is 2.16. The third-order valence-corrected chi connectivity index (χ3v) is 3.80. The number of nitrogens with zero attached hydrogens (tertiary/aromatic N) is 2. The lowest BCUT2D eigenvalue weighted by Gasteiger charge is -2.36. The molecule has 1 aliphatic rings. The van der Waals surface area contributed by atoms with E-state index in [1.54, 1.807) is 0 Å². The molecule has 0 saturated carbocycles. The Morgan fingerprint density at radius 1 is 1.47 bits per heavy atom. The first-order valence-corrected chi connectivity index (χ1v) is 6.03. The maximum absolute atomic E-state index is 12.2. The third kappa shape index (κ3) is 2.27. The second-order valence-corrected chi connectivity index (χ2v) is 5.05. The minimum absolute atomic E-state index is 0.0300. The molecule has 0 aromatic carbocycles. The fourth-order valence-electron chi connectivity index (χ4n) is 1.88. The van der Waals surface area contributed by atoms with E-state index in [-0.39, 0.29) is 11.8 Å². The molecule has 82 valence electrons. The molecule has 15 heavy (non-hydrogen) atoms. The average Bonchev–Trinajstić information content (AvgIpc) is 2.74. The van der Waals surface area contributed by atoms with Crippen molar-refractivity contribution in [2.45, 2.75) is 6.04 Å². The lowest BCUT2D eigenvalue weighted by molar-refractivity contribution is 0.0690. The molecule has 0 radical (unpaired) electrons. The standard InChI is InChI=1S/C11H16N2OS/c1-12-5-6-13(2)9(8-12)11(14)10-4-3-7-15-10/h3-4,7,9H,5-6,8H2,1-2H3. The number of ketones is 1. The summed E-state index contributed by atoms with van der Waals surface area (Å²) in [5.74, 6) is 0.263. The fraction of sp³-hybridized carbons (Fsp3) is 0.545. The van der Waals surface area contributed by atoms with Crippen LogP contribution in [0.3, 0.4) is 0 Å². The molecule has 0 aliphatic carbocycles. The molecule has 1 unspecified atom stereocenters. The summed E-state index contributed by atoms with van der Waals surface area (Å²) < 4.78 is 0. The van der Waals surface area contributed by atoms with Gasteiger partial charge in [0, 0.05) is 19.6 Å². The topological polar surface area (TPSA) is 23.6 Å². The van der Waals surface area contributed by atoms with E-state index in [1.807, 2.05) is 24.6 Å². The first-order valence-electron chi connectivity index (χ1n) is 5.15. The molecule has 0 N–H and O–H groups in total. The molecule has 1 saturated heterocycles. The van der Waals surface area contributed by atoms with E-state index in [4.69, 9.17) is 0 Å². The summed E-state index contributed by atoms with van der Waals surface area (Å²) in [6, 6.07) is 3.88. The van der Waals surface area contributed by atoms with Crippen molar-refractivity contribution in [3.8, 4) is 0 Å². The van der Waals surface area contributed by atoms with E-state index in [9.17, 15) is 4.79 Å². The van der Waals surface area contributed by atoms with Gasteiger partial charge in [-0.25, -0.2) is 0 Å². The minimum Gasteiger partial charge on any atom is -0.303 e. The summed E-state index contributed by atoms with van der Waals surface area (Å²) in [5, 5.41) is 1.96. The molecular formula is C11H16N2OS. The van der Waals surface area contributed by atoms with Gasteiger partial charge in [0.2, 0.25) is 0 Å². The number of Topliss-reactive ketones (excluding diaryl/α,β-unsaturated/α-hetero) is 1. The van der Waals surface area contributed by atoms with Crippen LogP contribution >= 0.6 is 11.3 Å². The number of hydrogen-bond donors (Lipinski definition) is 0. The van der Waals surface area contributed by atoms with Crippen molar-refractivity contribution in [2.75, 3.05) is 33.7 Å². The predicted octanol–water partition coefficient (Wildman–Crippen LogP) is 1.18. The minimum atomic E-state index is 0.0300. The highest BCUT2D eigenvalue weighted by Gasteiger charge is 2.29. The zero-order valence-corrected chi connectivity index (χ0v) is 9.96. The van der Waals surface area contributed by atoms with Gasteiger partial charge in [-0.05, 0) is 25.5 Å². The SMILES string of the molecule is CN1CCN(C)C(C(=O)c2cccs2)C1. The van der Waals surface area contributed by atoms with Crippen molar-refractivity contribution in [3.63, 3.8) is 0 Å². The number of rotatable bonds is 2. The van der Waals surface area contributed by atoms with Crippen LogP contribution in [0, 0.1) is 0 Å². The molecule has 1 aromatic rings. The summed E-state index contributed by atoms with van der Waals surface area (Å²) in [5.41, 5.74) is 0. The fourth-order valence-corrected chi connectivity index (χ4v) is 2.59. The number of hydrogen-bond acceptors (Lipinski definition) is 4. The van der Waals surface area contributed by atoms with E-state index in [2.05, 4.69) is 16.8 Å². The number of thiophene rings is 1. The van der Waals surface area contributed by atoms with Gasteiger partial charge in [-0.2, -0.15) is 0 Å². The van der Waals surface area contributed by atoms with Gasteiger partial charge in [-0.3, -0.25) is 9.69 Å². The molecule has 1 aliphatic heterocycles. The molecule has 1 fully saturated rings. The molecular weight excluding hydrogens is 208 g/mol. The summed E-state index contributed by atoms with van der Waals surface area (Å²) in [7, 11) is 4.10. The number of carbonyl (C=O) groups is 1. The first kappa shape index (κ1) is 10.8. The molecule has 4 heteroatoms. The molecule has 2 heterocycles. The van der Waals surface area contributed by atoms with Crippen molar-refractivity contribution in [2.24, 2.45) is 0 Å². The normalized spacial score (nSPS) is 24.3. The van der Waals surface area contributed by atoms with Crippen LogP contribution in [0.2, 0.25) is 0 Å². The van der Waals surface area contributed by atoms with Crippen LogP contribution < -0.4 is 0 Å². The highest BCUT2D eigenvalue weighted by atomic mass is 32.1. The average molecular weight is 224 g/mol. The number of piperazine rings is 1. The summed E-state index contributed by atoms with van der Waals surface area (Å²) in [6.45, 7) is 2.86. The second-order valence-electron chi connectivity index (χ2n) is 4.10. The van der Waals surface area contributed by atoms with Gasteiger partial charge in [0.1, 0.15) is 0 Å². The Morgan fingerprint density at radius 3 is 2.93 bits per heavy atom. The lowest BCUT2D eigenvalue weighted by Crippen LogP contribution is -2.53. The Bertz CT molecular complexity index is 336. The largest absolute Gasteiger partial charge is 0.303 e. The Kier molecular flexibility index (Phi) is 3.19. The number of likely N-dealkylation sites (N-methyl/N-ethyl adjacent to an activating group) is 2. The van der Waals surface area contributed by atoms with Crippen molar-refractivity contribution in [1.29, 1.82) is 0 Å². The maximum atomic E-state index is 12.2. The van der Waals surface area contributed by atoms with Gasteiger partial charge < -0.3 is 4.90 Å². The Balaban J connectivity index is 2.12. The van der Waals surface area contributed by atoms with Crippen LogP contribution in [0.1, 0.15) is 9.67 Å². The monoisotopic (exact) mass is 224 g/mol. The highest BCUT2D eigenvalue weighted by molar-refractivity contribution is 7.12. The number of carbonyl (C=O) groups excluding carboxylic acids is 1. The zero-order valence-electron chi connectivity index (χ0n) is 9.14. The van der Waals surface area contributed by atoms with Crippen LogP contribution in [-0.4, -0.2) is 55.4 Å². The van der Waals surface area contributed by atoms with Crippen molar-refractivity contribution >= 4 is 17.1 Å². The predicted molar refractivity (Wildman–Crippen MR) is 62.6 cm³/mol. The Morgan fingerprint density at radius 2 is 2.27 bits per heavy atom. The van der Waals surface area contributed by atoms with E-state index >= 15 is 0 Å². The first-order chi connectivity index (χ1) is 7.18. The Hall–Kier alpha value is -0.710. The van der Waals surface area contributed by atoms with Crippen LogP contribution in [0.5, 0.6) is 0 Å². The van der Waals surface area contributed by atoms with Gasteiger partial charge in [0.25, 0.3) is 0 Å². The van der Waals surface area contributed by atoms with Crippen molar-refractivity contribution < 1.29 is 4.79 Å². The van der Waals surface area contributed by atoms with Crippen LogP contribution in [0.15, 0.2) is 17.5 Å². The quantitative estimate of drug-likeness (QED) is 0.705. The van der Waals surface area contributed by atoms with Crippen LogP contribution in [0.25, 0.3) is 0 Å². The summed E-state index contributed by atoms with van der Waals surface area (Å²) >= 11 is 1.53. The third-order valence-electron chi connectivity index (χ3n) is 2.92. The molecule has 0 amide bonds. The molecule has 0 bridgehead atoms. The molecule has 1 aromatic heterocycles. The molecule has 0 spiro atoms. The van der Waals surface area contributed by atoms with Crippen molar-refractivity contribution in [1.82, 2.24) is 9.80 Å². The van der Waals surface area contributed by atoms with Crippen LogP contribution in [0.4, 0.5) is 0 Å². The van der Waals surface area contributed by atoms with Crippen molar-refractivity contribution in [3.05, 3.63) is 22.4 Å². The van der Waals surface area contributed by atoms with Gasteiger partial charge in [0.15, 0.2) is 5.78 Å². The molecule has 3 nitrogen and oxygen atoms in total. The lowest BCUT2D eigenvalue weighted by atomic mass is 10.1. The Labute approximate surface area is 94.3 Å². The zero-order chi connectivity index (χ0) is 10.8. The van der Waals surface area contributed by atoms with Crippen LogP contribution in [-0.2, 0) is 0 Å². The second kappa shape index (κ2) is 4.43. The van der Waals surface area contributed by atoms with E-state index in [0.29, 0.717) is 0 Å². The molecule has 1 atom stereocenters. The van der Waals surface area contributed by atoms with Gasteiger partial charge in [-0.15, -0.1) is 11.3 Å². The smallest absolute Gasteiger partial charge is 0.191 e. The summed E-state index contributed by atoms with van der Waals surface area (Å²) in [4.78, 5) is 17.4. The van der Waals surface area contributed by atoms with Gasteiger partial charge >= 0.3 is 0 Å². The van der Waals surface area contributed by atoms with E-state index < -0.39 is 0 Å². The van der Waals surface area contributed by atoms with Gasteiger partial charge in [0.05, 0.1) is 10.9 Å². The van der Waals surface area contributed by atoms with E-state index in [0.717, 1.165) is 24.5 Å². The van der Waals surface area contributed by atoms with Gasteiger partial charge in [-0.1, -0.05) is 6.07 Å².